The Balaban J connectivity index is 1.49. The molecular weight excluding hydrogens is 424 g/mol. The van der Waals surface area contributed by atoms with Crippen LogP contribution in [0.25, 0.3) is 0 Å². The average Bonchev–Trinajstić information content (AvgIpc) is 3.09. The fourth-order valence-electron chi connectivity index (χ4n) is 8.29. The molecule has 0 aromatic heterocycles. The van der Waals surface area contributed by atoms with Gasteiger partial charge in [0, 0.05) is 11.8 Å². The monoisotopic (exact) mass is 460 g/mol. The third-order valence-corrected chi connectivity index (χ3v) is 10.2. The summed E-state index contributed by atoms with van der Waals surface area (Å²) in [5.74, 6) is 0.907. The minimum absolute atomic E-state index is 0.0325. The van der Waals surface area contributed by atoms with Crippen molar-refractivity contribution in [2.45, 2.75) is 78.2 Å². The molecule has 0 unspecified atom stereocenters. The Morgan fingerprint density at radius 3 is 2.38 bits per heavy atom. The number of esters is 1. The number of benzene rings is 1. The fourth-order valence-corrected chi connectivity index (χ4v) is 8.29. The van der Waals surface area contributed by atoms with Crippen LogP contribution in [0.3, 0.4) is 0 Å². The van der Waals surface area contributed by atoms with Crippen LogP contribution in [0.4, 0.5) is 0 Å². The first-order valence-corrected chi connectivity index (χ1v) is 12.8. The number of ether oxygens (including phenoxy) is 1. The summed E-state index contributed by atoms with van der Waals surface area (Å²) in [5, 5.41) is 0. The highest BCUT2D eigenvalue weighted by Crippen LogP contribution is 2.69. The zero-order valence-corrected chi connectivity index (χ0v) is 20.9. The van der Waals surface area contributed by atoms with Gasteiger partial charge in [-0.05, 0) is 99.3 Å². The molecule has 5 rings (SSSR count). The molecule has 34 heavy (non-hydrogen) atoms. The number of rotatable bonds is 3. The fraction of sp³-hybridized carbons (Fsp3) is 0.567. The number of carbonyl (C=O) groups excluding carboxylic acids is 3. The minimum Gasteiger partial charge on any atom is -0.447 e. The van der Waals surface area contributed by atoms with E-state index in [0.717, 1.165) is 48.8 Å². The highest BCUT2D eigenvalue weighted by Gasteiger charge is 2.68. The van der Waals surface area contributed by atoms with Crippen molar-refractivity contribution in [1.82, 2.24) is 0 Å². The van der Waals surface area contributed by atoms with E-state index in [9.17, 15) is 14.4 Å². The molecule has 0 spiro atoms. The van der Waals surface area contributed by atoms with E-state index >= 15 is 0 Å². The lowest BCUT2D eigenvalue weighted by Gasteiger charge is -2.59. The predicted molar refractivity (Wildman–Crippen MR) is 131 cm³/mol. The maximum Gasteiger partial charge on any atom is 0.339 e. The minimum atomic E-state index is -1.09. The van der Waals surface area contributed by atoms with E-state index in [1.165, 1.54) is 0 Å². The quantitative estimate of drug-likeness (QED) is 0.506. The van der Waals surface area contributed by atoms with Gasteiger partial charge in [0.05, 0.1) is 5.56 Å². The van der Waals surface area contributed by atoms with Gasteiger partial charge in [-0.1, -0.05) is 43.7 Å². The molecule has 3 fully saturated rings. The summed E-state index contributed by atoms with van der Waals surface area (Å²) in [6, 6.07) is 7.36. The number of allylic oxidation sites excluding steroid dienone is 2. The van der Waals surface area contributed by atoms with Gasteiger partial charge in [-0.3, -0.25) is 9.59 Å². The molecule has 4 aliphatic rings. The van der Waals surface area contributed by atoms with Gasteiger partial charge in [-0.15, -0.1) is 0 Å². The largest absolute Gasteiger partial charge is 0.447 e. The number of carbonyl (C=O) groups is 3. The van der Waals surface area contributed by atoms with Crippen molar-refractivity contribution in [1.29, 1.82) is 0 Å². The first-order valence-electron chi connectivity index (χ1n) is 12.8. The van der Waals surface area contributed by atoms with Crippen molar-refractivity contribution in [3.63, 3.8) is 0 Å². The Labute approximate surface area is 202 Å². The van der Waals surface area contributed by atoms with Crippen LogP contribution in [-0.2, 0) is 14.3 Å². The van der Waals surface area contributed by atoms with Crippen molar-refractivity contribution >= 4 is 17.5 Å². The second-order valence-corrected chi connectivity index (χ2v) is 11.8. The summed E-state index contributed by atoms with van der Waals surface area (Å²) in [6.45, 7) is 12.5. The van der Waals surface area contributed by atoms with E-state index < -0.39 is 17.0 Å². The van der Waals surface area contributed by atoms with Gasteiger partial charge in [0.15, 0.2) is 17.2 Å². The number of hydrogen-bond acceptors (Lipinski definition) is 4. The molecule has 4 heteroatoms. The Bertz CT molecular complexity index is 1110. The SMILES string of the molecule is C=C1C[C@@H]2[C@H](CC[C@@]3(C)[C@H]2CC[C@]3(OC(=O)c2ccc(C)cc2)C(C)=O)[C@@]2(C)CCC(=O)C=C12. The molecule has 4 aliphatic carbocycles. The van der Waals surface area contributed by atoms with Crippen LogP contribution in [0.5, 0.6) is 0 Å². The van der Waals surface area contributed by atoms with E-state index in [1.54, 1.807) is 19.1 Å². The summed E-state index contributed by atoms with van der Waals surface area (Å²) in [4.78, 5) is 38.7. The second kappa shape index (κ2) is 7.76. The summed E-state index contributed by atoms with van der Waals surface area (Å²) in [6.07, 6.45) is 7.47. The van der Waals surface area contributed by atoms with Crippen LogP contribution in [0.15, 0.2) is 48.1 Å². The second-order valence-electron chi connectivity index (χ2n) is 11.8. The average molecular weight is 461 g/mol. The lowest BCUT2D eigenvalue weighted by molar-refractivity contribution is -0.160. The van der Waals surface area contributed by atoms with Crippen LogP contribution in [0, 0.1) is 35.5 Å². The summed E-state index contributed by atoms with van der Waals surface area (Å²) >= 11 is 0. The predicted octanol–water partition coefficient (Wildman–Crippen LogP) is 6.18. The molecular formula is C30H36O4. The topological polar surface area (TPSA) is 60.4 Å². The van der Waals surface area contributed by atoms with E-state index in [1.807, 2.05) is 25.1 Å². The highest BCUT2D eigenvalue weighted by atomic mass is 16.6. The van der Waals surface area contributed by atoms with Crippen LogP contribution in [0.2, 0.25) is 0 Å². The maximum atomic E-state index is 13.3. The van der Waals surface area contributed by atoms with Crippen molar-refractivity contribution in [3.8, 4) is 0 Å². The van der Waals surface area contributed by atoms with Crippen molar-refractivity contribution < 1.29 is 19.1 Å². The molecule has 3 saturated carbocycles. The summed E-state index contributed by atoms with van der Waals surface area (Å²) < 4.78 is 6.24. The van der Waals surface area contributed by atoms with E-state index in [4.69, 9.17) is 4.74 Å². The van der Waals surface area contributed by atoms with Gasteiger partial charge < -0.3 is 4.74 Å². The molecule has 4 nitrogen and oxygen atoms in total. The van der Waals surface area contributed by atoms with Crippen LogP contribution in [-0.4, -0.2) is 23.1 Å². The Hall–Kier alpha value is -2.49. The molecule has 0 N–H and O–H groups in total. The van der Waals surface area contributed by atoms with E-state index in [0.29, 0.717) is 30.2 Å². The van der Waals surface area contributed by atoms with Gasteiger partial charge in [-0.25, -0.2) is 4.79 Å². The molecule has 6 atom stereocenters. The van der Waals surface area contributed by atoms with Crippen LogP contribution < -0.4 is 0 Å². The zero-order chi connectivity index (χ0) is 24.5. The van der Waals surface area contributed by atoms with Gasteiger partial charge in [-0.2, -0.15) is 0 Å². The van der Waals surface area contributed by atoms with Gasteiger partial charge in [0.2, 0.25) is 0 Å². The number of fused-ring (bicyclic) bond motifs is 5. The molecule has 0 radical (unpaired) electrons. The molecule has 1 aromatic rings. The summed E-state index contributed by atoms with van der Waals surface area (Å²) in [7, 11) is 0. The zero-order valence-electron chi connectivity index (χ0n) is 20.9. The van der Waals surface area contributed by atoms with Crippen molar-refractivity contribution in [2.75, 3.05) is 0 Å². The molecule has 180 valence electrons. The lowest BCUT2D eigenvalue weighted by Crippen LogP contribution is -2.58. The van der Waals surface area contributed by atoms with Gasteiger partial charge in [0.1, 0.15) is 0 Å². The number of ketones is 2. The Morgan fingerprint density at radius 2 is 1.71 bits per heavy atom. The van der Waals surface area contributed by atoms with Gasteiger partial charge >= 0.3 is 5.97 Å². The Kier molecular flexibility index (Phi) is 5.31. The first kappa shape index (κ1) is 23.3. The van der Waals surface area contributed by atoms with Crippen molar-refractivity contribution in [2.24, 2.45) is 28.6 Å². The number of aryl methyl sites for hydroxylation is 1. The highest BCUT2D eigenvalue weighted by molar-refractivity contribution is 5.95. The van der Waals surface area contributed by atoms with Crippen LogP contribution >= 0.6 is 0 Å². The maximum absolute atomic E-state index is 13.3. The van der Waals surface area contributed by atoms with E-state index in [-0.39, 0.29) is 22.9 Å². The molecule has 0 bridgehead atoms. The number of hydrogen-bond donors (Lipinski definition) is 0. The molecule has 0 heterocycles. The normalized spacial score (nSPS) is 38.9. The Morgan fingerprint density at radius 1 is 1.03 bits per heavy atom. The number of Topliss-reactive ketones (excluding diaryl/α,β-unsaturated/α-hetero) is 1. The third-order valence-electron chi connectivity index (χ3n) is 10.2. The van der Waals surface area contributed by atoms with Crippen molar-refractivity contribution in [3.05, 3.63) is 59.2 Å². The molecule has 0 saturated heterocycles. The van der Waals surface area contributed by atoms with E-state index in [2.05, 4.69) is 20.4 Å². The third kappa shape index (κ3) is 3.13. The standard InChI is InChI=1S/C30H36O4/c1-18-6-8-21(9-7-18)27(33)34-30(20(3)31)15-12-25-23-16-19(2)26-17-22(32)10-13-28(26,4)24(23)11-14-29(25,30)5/h6-9,17,23-25H,2,10-16H2,1,3-5H3/t23-,24+,25+,28-,29+,30+/m1/s1. The molecule has 0 amide bonds. The molecule has 1 aromatic carbocycles. The van der Waals surface area contributed by atoms with Gasteiger partial charge in [0.25, 0.3) is 0 Å². The smallest absolute Gasteiger partial charge is 0.339 e. The lowest BCUT2D eigenvalue weighted by atomic mass is 9.45. The van der Waals surface area contributed by atoms with Crippen LogP contribution in [0.1, 0.15) is 81.6 Å². The summed E-state index contributed by atoms with van der Waals surface area (Å²) in [5.41, 5.74) is 2.29. The molecule has 0 aliphatic heterocycles. The first-order chi connectivity index (χ1) is 16.0.